The van der Waals surface area contributed by atoms with Gasteiger partial charge in [0.05, 0.1) is 6.10 Å². The number of hydrogen-bond acceptors (Lipinski definition) is 2. The molecule has 1 amide bonds. The first-order valence-corrected chi connectivity index (χ1v) is 5.98. The Morgan fingerprint density at radius 2 is 2.06 bits per heavy atom. The summed E-state index contributed by atoms with van der Waals surface area (Å²) < 4.78 is 26.6. The van der Waals surface area contributed by atoms with Crippen molar-refractivity contribution >= 4 is 5.91 Å². The molecule has 2 fully saturated rings. The molecular weight excluding hydrogens is 240 g/mol. The van der Waals surface area contributed by atoms with E-state index in [4.69, 9.17) is 5.11 Å². The fourth-order valence-electron chi connectivity index (χ4n) is 2.48. The van der Waals surface area contributed by atoms with E-state index in [0.29, 0.717) is 19.5 Å². The molecule has 1 N–H and O–H groups in total. The first-order valence-electron chi connectivity index (χ1n) is 5.98. The Morgan fingerprint density at radius 1 is 1.33 bits per heavy atom. The number of hydrogen-bond donors (Lipinski definition) is 1. The van der Waals surface area contributed by atoms with Crippen molar-refractivity contribution in [3.05, 3.63) is 35.4 Å². The molecule has 0 bridgehead atoms. The number of β-amino-alcohol motifs (C(OH)–C–C–N with tert-alkyl or cyclic N) is 1. The van der Waals surface area contributed by atoms with Crippen LogP contribution >= 0.6 is 0 Å². The average Bonchev–Trinajstić information content (AvgIpc) is 3.07. The lowest BCUT2D eigenvalue weighted by Crippen LogP contribution is -2.54. The molecule has 3 nitrogen and oxygen atoms in total. The fourth-order valence-corrected chi connectivity index (χ4v) is 2.48. The Labute approximate surface area is 103 Å². The lowest BCUT2D eigenvalue weighted by molar-refractivity contribution is -0.142. The summed E-state index contributed by atoms with van der Waals surface area (Å²) in [5, 5.41) is 9.13. The van der Waals surface area contributed by atoms with Crippen LogP contribution in [0.2, 0.25) is 0 Å². The summed E-state index contributed by atoms with van der Waals surface area (Å²) in [6.45, 7) is 0.710. The van der Waals surface area contributed by atoms with Gasteiger partial charge in [0.25, 0.3) is 0 Å². The molecule has 0 spiro atoms. The zero-order valence-corrected chi connectivity index (χ0v) is 9.64. The molecular formula is C13H13F2NO2. The molecule has 2 aliphatic rings. The summed E-state index contributed by atoms with van der Waals surface area (Å²) in [5.74, 6) is -1.47. The van der Waals surface area contributed by atoms with E-state index in [9.17, 15) is 13.6 Å². The number of aliphatic hydroxyl groups is 1. The molecule has 3 rings (SSSR count). The molecule has 2 atom stereocenters. The van der Waals surface area contributed by atoms with E-state index in [0.717, 1.165) is 18.2 Å². The van der Waals surface area contributed by atoms with Crippen LogP contribution in [0.3, 0.4) is 0 Å². The monoisotopic (exact) mass is 253 g/mol. The molecule has 96 valence electrons. The molecule has 2 unspecified atom stereocenters. The summed E-state index contributed by atoms with van der Waals surface area (Å²) in [6.07, 6.45) is 0.128. The molecule has 0 aromatic heterocycles. The van der Waals surface area contributed by atoms with Gasteiger partial charge < -0.3 is 10.0 Å². The largest absolute Gasteiger partial charge is 0.389 e. The highest BCUT2D eigenvalue weighted by Gasteiger charge is 2.48. The van der Waals surface area contributed by atoms with Crippen molar-refractivity contribution in [2.24, 2.45) is 5.92 Å². The van der Waals surface area contributed by atoms with Crippen LogP contribution in [0.5, 0.6) is 0 Å². The highest BCUT2D eigenvalue weighted by molar-refractivity contribution is 5.83. The summed E-state index contributed by atoms with van der Waals surface area (Å²) in [5.41, 5.74) is 0.287. The molecule has 1 aliphatic heterocycles. The van der Waals surface area contributed by atoms with Gasteiger partial charge in [0.1, 0.15) is 11.6 Å². The Balaban J connectivity index is 1.70. The number of halogens is 2. The van der Waals surface area contributed by atoms with E-state index < -0.39 is 17.7 Å². The second-order valence-electron chi connectivity index (χ2n) is 5.01. The third kappa shape index (κ3) is 1.88. The van der Waals surface area contributed by atoms with Crippen LogP contribution in [0, 0.1) is 17.6 Å². The topological polar surface area (TPSA) is 40.5 Å². The minimum atomic E-state index is -0.483. The van der Waals surface area contributed by atoms with Crippen LogP contribution in [-0.4, -0.2) is 35.1 Å². The summed E-state index contributed by atoms with van der Waals surface area (Å²) in [6, 6.07) is 3.33. The van der Waals surface area contributed by atoms with Crippen LogP contribution < -0.4 is 0 Å². The van der Waals surface area contributed by atoms with Crippen LogP contribution in [0.4, 0.5) is 8.78 Å². The van der Waals surface area contributed by atoms with Gasteiger partial charge in [-0.2, -0.15) is 0 Å². The van der Waals surface area contributed by atoms with Gasteiger partial charge in [-0.1, -0.05) is 0 Å². The van der Waals surface area contributed by atoms with Crippen molar-refractivity contribution < 1.29 is 18.7 Å². The number of benzene rings is 1. The van der Waals surface area contributed by atoms with Crippen molar-refractivity contribution in [3.8, 4) is 0 Å². The maximum atomic E-state index is 13.5. The van der Waals surface area contributed by atoms with Gasteiger partial charge in [0.15, 0.2) is 0 Å². The van der Waals surface area contributed by atoms with Crippen molar-refractivity contribution in [2.75, 3.05) is 13.1 Å². The van der Waals surface area contributed by atoms with E-state index in [1.807, 2.05) is 0 Å². The van der Waals surface area contributed by atoms with E-state index in [1.165, 1.54) is 0 Å². The summed E-state index contributed by atoms with van der Waals surface area (Å²) >= 11 is 0. The maximum absolute atomic E-state index is 13.5. The molecule has 1 heterocycles. The number of rotatable bonds is 2. The van der Waals surface area contributed by atoms with E-state index in [-0.39, 0.29) is 23.3 Å². The van der Waals surface area contributed by atoms with Crippen molar-refractivity contribution in [1.82, 2.24) is 4.90 Å². The van der Waals surface area contributed by atoms with Gasteiger partial charge in [-0.3, -0.25) is 4.79 Å². The van der Waals surface area contributed by atoms with Crippen LogP contribution in [0.1, 0.15) is 17.9 Å². The van der Waals surface area contributed by atoms with Gasteiger partial charge in [0.2, 0.25) is 5.91 Å². The second-order valence-corrected chi connectivity index (χ2v) is 5.01. The SMILES string of the molecule is O=C(C1CC1c1cc(F)ccc1F)N1CC(O)C1. The normalized spacial score (nSPS) is 26.9. The highest BCUT2D eigenvalue weighted by atomic mass is 19.1. The number of carbonyl (C=O) groups is 1. The van der Waals surface area contributed by atoms with Gasteiger partial charge in [0, 0.05) is 19.0 Å². The third-order valence-corrected chi connectivity index (χ3v) is 3.64. The molecule has 1 aromatic carbocycles. The van der Waals surface area contributed by atoms with Crippen LogP contribution in [0.25, 0.3) is 0 Å². The van der Waals surface area contributed by atoms with Crippen LogP contribution in [0.15, 0.2) is 18.2 Å². The average molecular weight is 253 g/mol. The summed E-state index contributed by atoms with van der Waals surface area (Å²) in [7, 11) is 0. The first-order chi connectivity index (χ1) is 8.56. The number of amides is 1. The van der Waals surface area contributed by atoms with E-state index in [1.54, 1.807) is 4.90 Å². The third-order valence-electron chi connectivity index (χ3n) is 3.64. The number of aliphatic hydroxyl groups excluding tert-OH is 1. The number of nitrogens with zero attached hydrogens (tertiary/aromatic N) is 1. The second kappa shape index (κ2) is 4.02. The van der Waals surface area contributed by atoms with Gasteiger partial charge in [-0.15, -0.1) is 0 Å². The molecule has 1 aliphatic carbocycles. The lowest BCUT2D eigenvalue weighted by Gasteiger charge is -2.36. The van der Waals surface area contributed by atoms with Crippen molar-refractivity contribution in [1.29, 1.82) is 0 Å². The van der Waals surface area contributed by atoms with E-state index >= 15 is 0 Å². The molecule has 1 saturated heterocycles. The Bertz CT molecular complexity index is 500. The predicted molar refractivity (Wildman–Crippen MR) is 59.8 cm³/mol. The molecule has 0 radical (unpaired) electrons. The smallest absolute Gasteiger partial charge is 0.226 e. The zero-order valence-electron chi connectivity index (χ0n) is 9.64. The lowest BCUT2D eigenvalue weighted by atomic mass is 10.1. The first kappa shape index (κ1) is 11.6. The molecule has 1 saturated carbocycles. The number of carbonyl (C=O) groups excluding carboxylic acids is 1. The molecule has 5 heteroatoms. The summed E-state index contributed by atoms with van der Waals surface area (Å²) in [4.78, 5) is 13.5. The minimum absolute atomic E-state index is 0.0611. The van der Waals surface area contributed by atoms with Gasteiger partial charge >= 0.3 is 0 Å². The number of likely N-dealkylation sites (tertiary alicyclic amines) is 1. The van der Waals surface area contributed by atoms with Gasteiger partial charge in [-0.25, -0.2) is 8.78 Å². The quantitative estimate of drug-likeness (QED) is 0.862. The molecule has 1 aromatic rings. The van der Waals surface area contributed by atoms with E-state index in [2.05, 4.69) is 0 Å². The standard InChI is InChI=1S/C13H13F2NO2/c14-7-1-2-12(15)10(3-7)9-4-11(9)13(18)16-5-8(17)6-16/h1-3,8-9,11,17H,4-6H2. The van der Waals surface area contributed by atoms with Gasteiger partial charge in [-0.05, 0) is 36.1 Å². The Kier molecular flexibility index (Phi) is 2.59. The zero-order chi connectivity index (χ0) is 12.9. The van der Waals surface area contributed by atoms with Crippen LogP contribution in [-0.2, 0) is 4.79 Å². The predicted octanol–water partition coefficient (Wildman–Crippen LogP) is 1.27. The maximum Gasteiger partial charge on any atom is 0.226 e. The Hall–Kier alpha value is -1.49. The van der Waals surface area contributed by atoms with Crippen molar-refractivity contribution in [2.45, 2.75) is 18.4 Å². The fraction of sp³-hybridized carbons (Fsp3) is 0.462. The highest BCUT2D eigenvalue weighted by Crippen LogP contribution is 2.49. The Morgan fingerprint density at radius 3 is 2.72 bits per heavy atom. The minimum Gasteiger partial charge on any atom is -0.389 e. The van der Waals surface area contributed by atoms with Crippen molar-refractivity contribution in [3.63, 3.8) is 0 Å². The molecule has 18 heavy (non-hydrogen) atoms.